The van der Waals surface area contributed by atoms with Gasteiger partial charge in [-0.3, -0.25) is 0 Å². The average Bonchev–Trinajstić information content (AvgIpc) is 2.50. The number of hydrogen-bond donors (Lipinski definition) is 1. The van der Waals surface area contributed by atoms with Crippen molar-refractivity contribution in [2.75, 3.05) is 0 Å². The highest BCUT2D eigenvalue weighted by atomic mass is 19.1. The first-order valence-electron chi connectivity index (χ1n) is 3.07. The second-order valence-corrected chi connectivity index (χ2v) is 2.48. The fourth-order valence-electron chi connectivity index (χ4n) is 0.747. The molecule has 0 amide bonds. The first kappa shape index (κ1) is 6.52. The van der Waals surface area contributed by atoms with E-state index in [2.05, 4.69) is 0 Å². The number of carboxylic acid groups (broad SMARTS) is 1. The Hall–Kier alpha value is -0.600. The second-order valence-electron chi connectivity index (χ2n) is 2.48. The molecule has 1 aliphatic rings. The van der Waals surface area contributed by atoms with Crippen molar-refractivity contribution in [3.05, 3.63) is 0 Å². The second kappa shape index (κ2) is 2.33. The lowest BCUT2D eigenvalue weighted by Gasteiger charge is -1.97. The van der Waals surface area contributed by atoms with Crippen LogP contribution in [0.1, 0.15) is 19.3 Å². The first-order valence-corrected chi connectivity index (χ1v) is 3.07. The van der Waals surface area contributed by atoms with E-state index in [0.717, 1.165) is 12.8 Å². The van der Waals surface area contributed by atoms with Gasteiger partial charge in [-0.15, -0.1) is 0 Å². The molecule has 0 aromatic carbocycles. The van der Waals surface area contributed by atoms with Gasteiger partial charge in [-0.1, -0.05) is 12.8 Å². The average molecular weight is 132 g/mol. The van der Waals surface area contributed by atoms with Crippen LogP contribution in [0.4, 0.5) is 4.39 Å². The van der Waals surface area contributed by atoms with Gasteiger partial charge in [0.05, 0.1) is 0 Å². The summed E-state index contributed by atoms with van der Waals surface area (Å²) in [6, 6.07) is 0. The lowest BCUT2D eigenvalue weighted by atomic mass is 10.2. The van der Waals surface area contributed by atoms with E-state index in [9.17, 15) is 9.18 Å². The molecule has 0 bridgehead atoms. The predicted octanol–water partition coefficient (Wildman–Crippen LogP) is 1.21. The Morgan fingerprint density at radius 3 is 2.67 bits per heavy atom. The normalized spacial score (nSPS) is 21.4. The molecule has 0 unspecified atom stereocenters. The molecule has 1 saturated carbocycles. The molecule has 1 N–H and O–H groups in total. The van der Waals surface area contributed by atoms with Crippen molar-refractivity contribution >= 4 is 5.97 Å². The summed E-state index contributed by atoms with van der Waals surface area (Å²) in [6.07, 6.45) is 0.606. The molecule has 0 heterocycles. The highest BCUT2D eigenvalue weighted by Crippen LogP contribution is 2.34. The zero-order valence-electron chi connectivity index (χ0n) is 5.01. The fraction of sp³-hybridized carbons (Fsp3) is 0.833. The molecule has 1 rings (SSSR count). The summed E-state index contributed by atoms with van der Waals surface area (Å²) in [6.45, 7) is 0. The van der Waals surface area contributed by atoms with Crippen LogP contribution in [0.5, 0.6) is 0 Å². The number of aliphatic carboxylic acids is 1. The van der Waals surface area contributed by atoms with Crippen LogP contribution in [-0.2, 0) is 4.79 Å². The Bertz CT molecular complexity index is 120. The van der Waals surface area contributed by atoms with Crippen LogP contribution in [0.15, 0.2) is 0 Å². The fourth-order valence-corrected chi connectivity index (χ4v) is 0.747. The molecule has 0 spiro atoms. The Morgan fingerprint density at radius 2 is 2.33 bits per heavy atom. The van der Waals surface area contributed by atoms with Gasteiger partial charge >= 0.3 is 5.97 Å². The van der Waals surface area contributed by atoms with Crippen LogP contribution < -0.4 is 0 Å². The largest absolute Gasteiger partial charge is 0.479 e. The minimum Gasteiger partial charge on any atom is -0.479 e. The Balaban J connectivity index is 2.16. The van der Waals surface area contributed by atoms with Crippen molar-refractivity contribution in [3.8, 4) is 0 Å². The predicted molar refractivity (Wildman–Crippen MR) is 29.9 cm³/mol. The number of alkyl halides is 1. The summed E-state index contributed by atoms with van der Waals surface area (Å²) < 4.78 is 12.2. The van der Waals surface area contributed by atoms with Gasteiger partial charge in [-0.2, -0.15) is 0 Å². The number of halogens is 1. The molecule has 1 atom stereocenters. The summed E-state index contributed by atoms with van der Waals surface area (Å²) >= 11 is 0. The van der Waals surface area contributed by atoms with Crippen molar-refractivity contribution in [1.82, 2.24) is 0 Å². The summed E-state index contributed by atoms with van der Waals surface area (Å²) in [7, 11) is 0. The SMILES string of the molecule is O=C(O)[C@@H](F)CC1CC1. The van der Waals surface area contributed by atoms with Gasteiger partial charge in [0.25, 0.3) is 0 Å². The van der Waals surface area contributed by atoms with Gasteiger partial charge in [-0.25, -0.2) is 9.18 Å². The van der Waals surface area contributed by atoms with E-state index in [4.69, 9.17) is 5.11 Å². The van der Waals surface area contributed by atoms with E-state index in [0.29, 0.717) is 5.92 Å². The first-order chi connectivity index (χ1) is 4.20. The summed E-state index contributed by atoms with van der Waals surface area (Å²) in [5, 5.41) is 8.08. The van der Waals surface area contributed by atoms with E-state index in [-0.39, 0.29) is 6.42 Å². The number of carbonyl (C=O) groups is 1. The van der Waals surface area contributed by atoms with Crippen LogP contribution in [-0.4, -0.2) is 17.2 Å². The van der Waals surface area contributed by atoms with E-state index in [1.165, 1.54) is 0 Å². The maximum absolute atomic E-state index is 12.2. The van der Waals surface area contributed by atoms with Gasteiger partial charge in [0.1, 0.15) is 0 Å². The maximum Gasteiger partial charge on any atom is 0.338 e. The highest BCUT2D eigenvalue weighted by Gasteiger charge is 2.28. The zero-order valence-corrected chi connectivity index (χ0v) is 5.01. The summed E-state index contributed by atoms with van der Waals surface area (Å²) in [4.78, 5) is 9.89. The van der Waals surface area contributed by atoms with Gasteiger partial charge in [0.15, 0.2) is 6.17 Å². The third-order valence-electron chi connectivity index (χ3n) is 1.51. The topological polar surface area (TPSA) is 37.3 Å². The minimum atomic E-state index is -1.63. The minimum absolute atomic E-state index is 0.218. The Labute approximate surface area is 52.7 Å². The van der Waals surface area contributed by atoms with Crippen molar-refractivity contribution in [1.29, 1.82) is 0 Å². The summed E-state index contributed by atoms with van der Waals surface area (Å²) in [5.41, 5.74) is 0. The summed E-state index contributed by atoms with van der Waals surface area (Å²) in [5.74, 6) is -0.960. The molecule has 0 aromatic rings. The maximum atomic E-state index is 12.2. The molecule has 52 valence electrons. The molecule has 0 radical (unpaired) electrons. The molecule has 0 saturated heterocycles. The van der Waals surface area contributed by atoms with Crippen LogP contribution in [0, 0.1) is 5.92 Å². The number of hydrogen-bond acceptors (Lipinski definition) is 1. The molecule has 1 aliphatic carbocycles. The highest BCUT2D eigenvalue weighted by molar-refractivity contribution is 5.72. The molecule has 1 fully saturated rings. The lowest BCUT2D eigenvalue weighted by Crippen LogP contribution is -2.14. The molecular formula is C6H9FO2. The van der Waals surface area contributed by atoms with E-state index in [1.807, 2.05) is 0 Å². The molecule has 0 aromatic heterocycles. The standard InChI is InChI=1S/C6H9FO2/c7-5(6(8)9)3-4-1-2-4/h4-5H,1-3H2,(H,8,9)/t5-/m0/s1. The molecule has 3 heteroatoms. The van der Waals surface area contributed by atoms with E-state index >= 15 is 0 Å². The van der Waals surface area contributed by atoms with Crippen LogP contribution in [0.25, 0.3) is 0 Å². The number of rotatable bonds is 3. The quantitative estimate of drug-likeness (QED) is 0.626. The molecular weight excluding hydrogens is 123 g/mol. The molecule has 2 nitrogen and oxygen atoms in total. The van der Waals surface area contributed by atoms with Gasteiger partial charge in [-0.05, 0) is 12.3 Å². The Morgan fingerprint density at radius 1 is 1.78 bits per heavy atom. The van der Waals surface area contributed by atoms with Crippen molar-refractivity contribution in [2.24, 2.45) is 5.92 Å². The van der Waals surface area contributed by atoms with Crippen LogP contribution >= 0.6 is 0 Å². The van der Waals surface area contributed by atoms with Crippen molar-refractivity contribution in [3.63, 3.8) is 0 Å². The van der Waals surface area contributed by atoms with Gasteiger partial charge in [0, 0.05) is 0 Å². The van der Waals surface area contributed by atoms with Crippen molar-refractivity contribution in [2.45, 2.75) is 25.4 Å². The number of carboxylic acids is 1. The smallest absolute Gasteiger partial charge is 0.338 e. The lowest BCUT2D eigenvalue weighted by molar-refractivity contribution is -0.143. The zero-order chi connectivity index (χ0) is 6.85. The van der Waals surface area contributed by atoms with Crippen LogP contribution in [0.3, 0.4) is 0 Å². The third kappa shape index (κ3) is 2.00. The van der Waals surface area contributed by atoms with Gasteiger partial charge < -0.3 is 5.11 Å². The Kier molecular flexibility index (Phi) is 1.69. The molecule has 9 heavy (non-hydrogen) atoms. The van der Waals surface area contributed by atoms with Gasteiger partial charge in [0.2, 0.25) is 0 Å². The monoisotopic (exact) mass is 132 g/mol. The van der Waals surface area contributed by atoms with Crippen molar-refractivity contribution < 1.29 is 14.3 Å². The third-order valence-corrected chi connectivity index (χ3v) is 1.51. The molecule has 0 aliphatic heterocycles. The van der Waals surface area contributed by atoms with E-state index in [1.54, 1.807) is 0 Å². The van der Waals surface area contributed by atoms with Crippen LogP contribution in [0.2, 0.25) is 0 Å². The van der Waals surface area contributed by atoms with E-state index < -0.39 is 12.1 Å².